The molecule has 1 unspecified atom stereocenters. The first kappa shape index (κ1) is 49.4. The van der Waals surface area contributed by atoms with Crippen molar-refractivity contribution >= 4 is 11.9 Å². The van der Waals surface area contributed by atoms with E-state index >= 15 is 0 Å². The summed E-state index contributed by atoms with van der Waals surface area (Å²) in [4.78, 5) is 24.3. The molecule has 5 heteroatoms. The van der Waals surface area contributed by atoms with Crippen LogP contribution in [0.15, 0.2) is 24.3 Å². The van der Waals surface area contributed by atoms with Gasteiger partial charge in [0.1, 0.15) is 6.61 Å². The second-order valence-corrected chi connectivity index (χ2v) is 15.1. The van der Waals surface area contributed by atoms with Gasteiger partial charge >= 0.3 is 11.9 Å². The van der Waals surface area contributed by atoms with Crippen LogP contribution in [0.25, 0.3) is 0 Å². The van der Waals surface area contributed by atoms with Crippen molar-refractivity contribution in [1.29, 1.82) is 0 Å². The molecule has 0 radical (unpaired) electrons. The third kappa shape index (κ3) is 41.0. The Hall–Kier alpha value is -1.62. The number of hydrogen-bond acceptors (Lipinski definition) is 5. The third-order valence-electron chi connectivity index (χ3n) is 10.00. The van der Waals surface area contributed by atoms with Crippen molar-refractivity contribution in [2.45, 2.75) is 245 Å². The lowest BCUT2D eigenvalue weighted by atomic mass is 10.0. The average Bonchev–Trinajstić information content (AvgIpc) is 3.13. The van der Waals surface area contributed by atoms with Crippen LogP contribution in [0, 0.1) is 0 Å². The second kappa shape index (κ2) is 42.8. The van der Waals surface area contributed by atoms with E-state index in [1.807, 2.05) is 0 Å². The van der Waals surface area contributed by atoms with Gasteiger partial charge in [0.2, 0.25) is 0 Å². The lowest BCUT2D eigenvalue weighted by Gasteiger charge is -2.15. The molecule has 0 amide bonds. The normalized spacial score (nSPS) is 12.3. The summed E-state index contributed by atoms with van der Waals surface area (Å²) >= 11 is 0. The first-order chi connectivity index (χ1) is 25.1. The van der Waals surface area contributed by atoms with Gasteiger partial charge in [-0.05, 0) is 44.9 Å². The Bertz CT molecular complexity index is 776. The highest BCUT2D eigenvalue weighted by atomic mass is 16.6. The summed E-state index contributed by atoms with van der Waals surface area (Å²) in [5, 5.41) is 9.58. The van der Waals surface area contributed by atoms with E-state index in [1.54, 1.807) is 0 Å². The minimum Gasteiger partial charge on any atom is -0.462 e. The number of carbonyl (C=O) groups is 2. The molecule has 0 heterocycles. The van der Waals surface area contributed by atoms with Gasteiger partial charge in [-0.2, -0.15) is 0 Å². The number of carbonyl (C=O) groups excluding carboxylic acids is 2. The van der Waals surface area contributed by atoms with E-state index in [2.05, 4.69) is 38.2 Å². The van der Waals surface area contributed by atoms with E-state index in [1.165, 1.54) is 161 Å². The predicted molar refractivity (Wildman–Crippen MR) is 219 cm³/mol. The van der Waals surface area contributed by atoms with E-state index in [4.69, 9.17) is 9.47 Å². The van der Waals surface area contributed by atoms with Gasteiger partial charge < -0.3 is 14.6 Å². The molecular formula is C46H86O5. The van der Waals surface area contributed by atoms with Crippen LogP contribution in [0.2, 0.25) is 0 Å². The summed E-state index contributed by atoms with van der Waals surface area (Å²) in [5.41, 5.74) is 0. The molecule has 1 atom stereocenters. The molecule has 0 saturated heterocycles. The topological polar surface area (TPSA) is 72.8 Å². The number of ether oxygens (including phenoxy) is 2. The number of esters is 2. The van der Waals surface area contributed by atoms with E-state index in [-0.39, 0.29) is 25.2 Å². The molecule has 0 aliphatic rings. The Kier molecular flexibility index (Phi) is 41.4. The second-order valence-electron chi connectivity index (χ2n) is 15.1. The maximum Gasteiger partial charge on any atom is 0.306 e. The molecule has 0 aromatic carbocycles. The molecule has 0 aromatic heterocycles. The monoisotopic (exact) mass is 719 g/mol. The molecule has 0 bridgehead atoms. The number of aliphatic hydroxyl groups excluding tert-OH is 1. The lowest BCUT2D eigenvalue weighted by Crippen LogP contribution is -2.28. The van der Waals surface area contributed by atoms with Crippen LogP contribution in [-0.4, -0.2) is 36.4 Å². The summed E-state index contributed by atoms with van der Waals surface area (Å²) in [6.45, 7) is 4.13. The molecule has 0 aliphatic heterocycles. The van der Waals surface area contributed by atoms with Crippen LogP contribution in [0.4, 0.5) is 0 Å². The highest BCUT2D eigenvalue weighted by molar-refractivity contribution is 5.70. The number of rotatable bonds is 41. The molecular weight excluding hydrogens is 633 g/mol. The molecule has 0 spiro atoms. The van der Waals surface area contributed by atoms with Crippen molar-refractivity contribution in [3.63, 3.8) is 0 Å². The van der Waals surface area contributed by atoms with Crippen LogP contribution in [0.5, 0.6) is 0 Å². The van der Waals surface area contributed by atoms with Crippen LogP contribution in [0.1, 0.15) is 239 Å². The standard InChI is InChI=1S/C46H86O5/c1-3-5-7-9-11-13-15-17-19-21-22-23-25-26-28-30-32-34-36-38-40-45(48)50-43-44(42-47)51-46(49)41-39-37-35-33-31-29-27-24-20-18-16-14-12-10-8-6-4-2/h12,14,18,20,44,47H,3-11,13,15-17,19,21-43H2,1-2H3/b14-12-,20-18-. The molecule has 51 heavy (non-hydrogen) atoms. The van der Waals surface area contributed by atoms with Crippen molar-refractivity contribution in [3.05, 3.63) is 24.3 Å². The Morgan fingerprint density at radius 1 is 0.451 bits per heavy atom. The summed E-state index contributed by atoms with van der Waals surface area (Å²) < 4.78 is 10.6. The average molecular weight is 719 g/mol. The van der Waals surface area contributed by atoms with Gasteiger partial charge in [-0.15, -0.1) is 0 Å². The van der Waals surface area contributed by atoms with Crippen LogP contribution in [-0.2, 0) is 19.1 Å². The lowest BCUT2D eigenvalue weighted by molar-refractivity contribution is -0.161. The fraction of sp³-hybridized carbons (Fsp3) is 0.870. The Morgan fingerprint density at radius 2 is 0.784 bits per heavy atom. The van der Waals surface area contributed by atoms with Gasteiger partial charge in [0, 0.05) is 12.8 Å². The Labute approximate surface area is 317 Å². The first-order valence-electron chi connectivity index (χ1n) is 22.4. The van der Waals surface area contributed by atoms with E-state index in [0.717, 1.165) is 51.4 Å². The maximum atomic E-state index is 12.2. The Morgan fingerprint density at radius 3 is 1.20 bits per heavy atom. The van der Waals surface area contributed by atoms with Crippen LogP contribution in [0.3, 0.4) is 0 Å². The Balaban J connectivity index is 3.49. The van der Waals surface area contributed by atoms with Crippen LogP contribution >= 0.6 is 0 Å². The van der Waals surface area contributed by atoms with E-state index in [0.29, 0.717) is 12.8 Å². The number of hydrogen-bond donors (Lipinski definition) is 1. The van der Waals surface area contributed by atoms with Gasteiger partial charge in [-0.1, -0.05) is 205 Å². The summed E-state index contributed by atoms with van der Waals surface area (Å²) in [6.07, 6.45) is 51.1. The molecule has 0 saturated carbocycles. The zero-order valence-electron chi connectivity index (χ0n) is 34.1. The third-order valence-corrected chi connectivity index (χ3v) is 10.00. The maximum absolute atomic E-state index is 12.2. The largest absolute Gasteiger partial charge is 0.462 e. The zero-order chi connectivity index (χ0) is 37.1. The van der Waals surface area contributed by atoms with Crippen molar-refractivity contribution in [1.82, 2.24) is 0 Å². The highest BCUT2D eigenvalue weighted by Gasteiger charge is 2.16. The summed E-state index contributed by atoms with van der Waals surface area (Å²) in [5.74, 6) is -0.588. The SMILES string of the molecule is CCCCC/C=C\C/C=C\CCCCCCCCCC(=O)OC(CO)COC(=O)CCCCCCCCCCCCCCCCCCCCCC. The highest BCUT2D eigenvalue weighted by Crippen LogP contribution is 2.16. The summed E-state index contributed by atoms with van der Waals surface area (Å²) in [6, 6.07) is 0. The predicted octanol–water partition coefficient (Wildman–Crippen LogP) is 14.2. The van der Waals surface area contributed by atoms with Gasteiger partial charge in [0.05, 0.1) is 6.61 Å². The van der Waals surface area contributed by atoms with Gasteiger partial charge in [0.25, 0.3) is 0 Å². The van der Waals surface area contributed by atoms with E-state index in [9.17, 15) is 14.7 Å². The molecule has 1 N–H and O–H groups in total. The molecule has 300 valence electrons. The van der Waals surface area contributed by atoms with Crippen molar-refractivity contribution in [3.8, 4) is 0 Å². The van der Waals surface area contributed by atoms with E-state index < -0.39 is 6.10 Å². The quantitative estimate of drug-likeness (QED) is 0.0387. The fourth-order valence-electron chi connectivity index (χ4n) is 6.59. The van der Waals surface area contributed by atoms with Gasteiger partial charge in [0.15, 0.2) is 6.10 Å². The number of unbranched alkanes of at least 4 members (excludes halogenated alkanes) is 29. The summed E-state index contributed by atoms with van der Waals surface area (Å²) in [7, 11) is 0. The smallest absolute Gasteiger partial charge is 0.306 e. The van der Waals surface area contributed by atoms with Crippen LogP contribution < -0.4 is 0 Å². The molecule has 5 nitrogen and oxygen atoms in total. The fourth-order valence-corrected chi connectivity index (χ4v) is 6.59. The minimum absolute atomic E-state index is 0.0643. The molecule has 0 rings (SSSR count). The zero-order valence-corrected chi connectivity index (χ0v) is 34.1. The molecule has 0 fully saturated rings. The van der Waals surface area contributed by atoms with Crippen molar-refractivity contribution in [2.75, 3.05) is 13.2 Å². The number of aliphatic hydroxyl groups is 1. The number of allylic oxidation sites excluding steroid dienone is 4. The van der Waals surface area contributed by atoms with Gasteiger partial charge in [-0.25, -0.2) is 0 Å². The molecule has 0 aliphatic carbocycles. The van der Waals surface area contributed by atoms with Gasteiger partial charge in [-0.3, -0.25) is 9.59 Å². The molecule has 0 aromatic rings. The first-order valence-corrected chi connectivity index (χ1v) is 22.4. The van der Waals surface area contributed by atoms with Crippen molar-refractivity contribution in [2.24, 2.45) is 0 Å². The van der Waals surface area contributed by atoms with Crippen molar-refractivity contribution < 1.29 is 24.2 Å². The minimum atomic E-state index is -0.771.